The number of carbonyl (C=O) groups excluding carboxylic acids is 1. The van der Waals surface area contributed by atoms with E-state index in [0.29, 0.717) is 17.5 Å². The number of hydrogen-bond acceptors (Lipinski definition) is 3. The van der Waals surface area contributed by atoms with E-state index in [2.05, 4.69) is 5.32 Å². The third kappa shape index (κ3) is 3.94. The lowest BCUT2D eigenvalue weighted by Crippen LogP contribution is -2.21. The average Bonchev–Trinajstić information content (AvgIpc) is 2.46. The molecule has 0 aliphatic carbocycles. The molecule has 0 saturated carbocycles. The van der Waals surface area contributed by atoms with Crippen molar-refractivity contribution in [3.8, 4) is 11.5 Å². The van der Waals surface area contributed by atoms with Crippen LogP contribution < -0.4 is 14.8 Å². The molecule has 0 aromatic heterocycles. The lowest BCUT2D eigenvalue weighted by molar-refractivity contribution is -0.118. The topological polar surface area (TPSA) is 47.6 Å². The van der Waals surface area contributed by atoms with Gasteiger partial charge in [0.25, 0.3) is 5.91 Å². The van der Waals surface area contributed by atoms with Crippen LogP contribution in [0.25, 0.3) is 0 Å². The summed E-state index contributed by atoms with van der Waals surface area (Å²) in [6.07, 6.45) is 0. The molecule has 0 fully saturated rings. The highest BCUT2D eigenvalue weighted by Crippen LogP contribution is 2.25. The number of nitrogens with one attached hydrogen (secondary N) is 1. The first kappa shape index (κ1) is 15.8. The summed E-state index contributed by atoms with van der Waals surface area (Å²) in [6.45, 7) is 1.47. The van der Waals surface area contributed by atoms with Crippen LogP contribution in [0.2, 0.25) is 0 Å². The van der Waals surface area contributed by atoms with Crippen molar-refractivity contribution in [1.82, 2.24) is 0 Å². The van der Waals surface area contributed by atoms with Crippen LogP contribution in [0.4, 0.5) is 14.5 Å². The van der Waals surface area contributed by atoms with Gasteiger partial charge < -0.3 is 14.8 Å². The van der Waals surface area contributed by atoms with E-state index in [9.17, 15) is 13.6 Å². The Labute approximate surface area is 126 Å². The number of anilines is 1. The molecule has 2 rings (SSSR count). The van der Waals surface area contributed by atoms with Gasteiger partial charge in [-0.15, -0.1) is 0 Å². The molecular formula is C16H15F2NO3. The highest BCUT2D eigenvalue weighted by atomic mass is 19.1. The summed E-state index contributed by atoms with van der Waals surface area (Å²) in [4.78, 5) is 11.9. The van der Waals surface area contributed by atoms with Gasteiger partial charge in [-0.1, -0.05) is 6.07 Å². The fraction of sp³-hybridized carbons (Fsp3) is 0.188. The SMILES string of the molecule is COc1ccc(C)cc1NC(=O)COc1ccc(F)cc1F. The zero-order chi connectivity index (χ0) is 16.1. The highest BCUT2D eigenvalue weighted by Gasteiger charge is 2.10. The van der Waals surface area contributed by atoms with E-state index in [-0.39, 0.29) is 5.75 Å². The molecule has 2 aromatic carbocycles. The Morgan fingerprint density at radius 3 is 2.55 bits per heavy atom. The maximum atomic E-state index is 13.4. The molecule has 0 heterocycles. The molecule has 22 heavy (non-hydrogen) atoms. The van der Waals surface area contributed by atoms with Gasteiger partial charge in [0.15, 0.2) is 18.2 Å². The van der Waals surface area contributed by atoms with Gasteiger partial charge >= 0.3 is 0 Å². The second-order valence-electron chi connectivity index (χ2n) is 4.62. The van der Waals surface area contributed by atoms with Gasteiger partial charge in [0.2, 0.25) is 0 Å². The molecule has 1 amide bonds. The molecule has 6 heteroatoms. The van der Waals surface area contributed by atoms with Crippen LogP contribution in [0.15, 0.2) is 36.4 Å². The smallest absolute Gasteiger partial charge is 0.262 e. The van der Waals surface area contributed by atoms with E-state index < -0.39 is 24.1 Å². The van der Waals surface area contributed by atoms with Gasteiger partial charge in [0.05, 0.1) is 12.8 Å². The van der Waals surface area contributed by atoms with Gasteiger partial charge in [-0.25, -0.2) is 8.78 Å². The minimum Gasteiger partial charge on any atom is -0.495 e. The maximum absolute atomic E-state index is 13.4. The molecule has 4 nitrogen and oxygen atoms in total. The summed E-state index contributed by atoms with van der Waals surface area (Å²) in [5.41, 5.74) is 1.44. The van der Waals surface area contributed by atoms with Crippen molar-refractivity contribution in [3.63, 3.8) is 0 Å². The molecule has 0 atom stereocenters. The molecule has 0 bridgehead atoms. The number of benzene rings is 2. The Balaban J connectivity index is 2.00. The van der Waals surface area contributed by atoms with Crippen molar-refractivity contribution in [1.29, 1.82) is 0 Å². The van der Waals surface area contributed by atoms with Crippen molar-refractivity contribution in [2.24, 2.45) is 0 Å². The van der Waals surface area contributed by atoms with Crippen LogP contribution in [-0.4, -0.2) is 19.6 Å². The van der Waals surface area contributed by atoms with Crippen LogP contribution in [0.3, 0.4) is 0 Å². The zero-order valence-electron chi connectivity index (χ0n) is 12.2. The molecule has 2 aromatic rings. The second kappa shape index (κ2) is 6.89. The van der Waals surface area contributed by atoms with Crippen LogP contribution in [0.5, 0.6) is 11.5 Å². The Bertz CT molecular complexity index is 689. The number of aryl methyl sites for hydroxylation is 1. The maximum Gasteiger partial charge on any atom is 0.262 e. The minimum absolute atomic E-state index is 0.187. The summed E-state index contributed by atoms with van der Waals surface area (Å²) < 4.78 is 36.3. The Morgan fingerprint density at radius 1 is 1.14 bits per heavy atom. The molecule has 0 aliphatic rings. The van der Waals surface area contributed by atoms with Gasteiger partial charge in [0, 0.05) is 6.07 Å². The first-order chi connectivity index (χ1) is 10.5. The van der Waals surface area contributed by atoms with E-state index in [1.807, 2.05) is 13.0 Å². The first-order valence-corrected chi connectivity index (χ1v) is 6.52. The van der Waals surface area contributed by atoms with Crippen LogP contribution in [0.1, 0.15) is 5.56 Å². The van der Waals surface area contributed by atoms with Crippen molar-refractivity contribution < 1.29 is 23.0 Å². The summed E-state index contributed by atoms with van der Waals surface area (Å²) in [6, 6.07) is 8.20. The summed E-state index contributed by atoms with van der Waals surface area (Å²) >= 11 is 0. The van der Waals surface area contributed by atoms with Gasteiger partial charge in [-0.05, 0) is 36.8 Å². The lowest BCUT2D eigenvalue weighted by Gasteiger charge is -2.12. The van der Waals surface area contributed by atoms with Gasteiger partial charge in [-0.3, -0.25) is 4.79 Å². The molecule has 0 spiro atoms. The fourth-order valence-electron chi connectivity index (χ4n) is 1.84. The largest absolute Gasteiger partial charge is 0.495 e. The number of rotatable bonds is 5. The predicted molar refractivity (Wildman–Crippen MR) is 78.2 cm³/mol. The van der Waals surface area contributed by atoms with Gasteiger partial charge in [0.1, 0.15) is 11.6 Å². The number of amides is 1. The predicted octanol–water partition coefficient (Wildman–Crippen LogP) is 3.30. The van der Waals surface area contributed by atoms with E-state index in [0.717, 1.165) is 17.7 Å². The number of methoxy groups -OCH3 is 1. The molecule has 1 N–H and O–H groups in total. The third-order valence-electron chi connectivity index (χ3n) is 2.88. The van der Waals surface area contributed by atoms with Gasteiger partial charge in [-0.2, -0.15) is 0 Å². The number of ether oxygens (including phenoxy) is 2. The average molecular weight is 307 g/mol. The zero-order valence-corrected chi connectivity index (χ0v) is 12.2. The monoisotopic (exact) mass is 307 g/mol. The summed E-state index contributed by atoms with van der Waals surface area (Å²) in [5, 5.41) is 2.62. The second-order valence-corrected chi connectivity index (χ2v) is 4.62. The van der Waals surface area contributed by atoms with Crippen molar-refractivity contribution in [2.45, 2.75) is 6.92 Å². The van der Waals surface area contributed by atoms with Crippen molar-refractivity contribution >= 4 is 11.6 Å². The molecule has 0 radical (unpaired) electrons. The third-order valence-corrected chi connectivity index (χ3v) is 2.88. The molecule has 116 valence electrons. The Kier molecular flexibility index (Phi) is 4.93. The minimum atomic E-state index is -0.860. The number of halogens is 2. The number of hydrogen-bond donors (Lipinski definition) is 1. The molecular weight excluding hydrogens is 292 g/mol. The van der Waals surface area contributed by atoms with Crippen LogP contribution in [0, 0.1) is 18.6 Å². The summed E-state index contributed by atoms with van der Waals surface area (Å²) in [7, 11) is 1.49. The molecule has 0 unspecified atom stereocenters. The van der Waals surface area contributed by atoms with E-state index >= 15 is 0 Å². The van der Waals surface area contributed by atoms with E-state index in [1.165, 1.54) is 7.11 Å². The molecule has 0 saturated heterocycles. The van der Waals surface area contributed by atoms with E-state index in [1.54, 1.807) is 12.1 Å². The Hall–Kier alpha value is -2.63. The van der Waals surface area contributed by atoms with Crippen LogP contribution >= 0.6 is 0 Å². The highest BCUT2D eigenvalue weighted by molar-refractivity contribution is 5.93. The first-order valence-electron chi connectivity index (χ1n) is 6.52. The van der Waals surface area contributed by atoms with Crippen molar-refractivity contribution in [2.75, 3.05) is 19.0 Å². The molecule has 0 aliphatic heterocycles. The normalized spacial score (nSPS) is 10.2. The Morgan fingerprint density at radius 2 is 1.86 bits per heavy atom. The van der Waals surface area contributed by atoms with Crippen LogP contribution in [-0.2, 0) is 4.79 Å². The standard InChI is InChI=1S/C16H15F2NO3/c1-10-3-5-15(21-2)13(7-10)19-16(20)9-22-14-6-4-11(17)8-12(14)18/h3-8H,9H2,1-2H3,(H,19,20). The quantitative estimate of drug-likeness (QED) is 0.922. The number of carbonyl (C=O) groups is 1. The van der Waals surface area contributed by atoms with E-state index in [4.69, 9.17) is 9.47 Å². The summed E-state index contributed by atoms with van der Waals surface area (Å²) in [5.74, 6) is -1.73. The fourth-order valence-corrected chi connectivity index (χ4v) is 1.84. The van der Waals surface area contributed by atoms with Crippen molar-refractivity contribution in [3.05, 3.63) is 53.6 Å². The lowest BCUT2D eigenvalue weighted by atomic mass is 10.2.